The van der Waals surface area contributed by atoms with E-state index in [1.54, 1.807) is 6.20 Å². The first kappa shape index (κ1) is 19.5. The molecule has 158 valence electrons. The van der Waals surface area contributed by atoms with Crippen molar-refractivity contribution in [3.05, 3.63) is 93.9 Å². The largest absolute Gasteiger partial charge is 0.375 e. The summed E-state index contributed by atoms with van der Waals surface area (Å²) in [6, 6.07) is 15.2. The van der Waals surface area contributed by atoms with E-state index in [9.17, 15) is 14.0 Å². The number of benzene rings is 1. The van der Waals surface area contributed by atoms with Crippen molar-refractivity contribution in [3.63, 3.8) is 0 Å². The fraction of sp³-hybridized carbons (Fsp3) is 0.292. The van der Waals surface area contributed by atoms with Crippen molar-refractivity contribution in [2.75, 3.05) is 18.4 Å². The molecule has 1 aromatic carbocycles. The lowest BCUT2D eigenvalue weighted by Crippen LogP contribution is -2.49. The number of amides is 1. The van der Waals surface area contributed by atoms with E-state index in [2.05, 4.69) is 10.3 Å². The first-order chi connectivity index (χ1) is 15.1. The molecule has 6 nitrogen and oxygen atoms in total. The van der Waals surface area contributed by atoms with Gasteiger partial charge in [0.15, 0.2) is 0 Å². The number of anilines is 1. The van der Waals surface area contributed by atoms with Crippen LogP contribution in [0.2, 0.25) is 0 Å². The summed E-state index contributed by atoms with van der Waals surface area (Å²) in [4.78, 5) is 32.1. The summed E-state index contributed by atoms with van der Waals surface area (Å²) < 4.78 is 15.1. The normalized spacial score (nSPS) is 19.6. The molecule has 2 aliphatic heterocycles. The van der Waals surface area contributed by atoms with E-state index in [1.165, 1.54) is 24.3 Å². The van der Waals surface area contributed by atoms with Crippen LogP contribution in [0.3, 0.4) is 0 Å². The molecule has 3 aromatic rings. The van der Waals surface area contributed by atoms with Crippen LogP contribution in [-0.4, -0.2) is 33.4 Å². The van der Waals surface area contributed by atoms with E-state index < -0.39 is 0 Å². The van der Waals surface area contributed by atoms with Gasteiger partial charge in [0, 0.05) is 43.0 Å². The minimum Gasteiger partial charge on any atom is -0.375 e. The second-order valence-electron chi connectivity index (χ2n) is 8.28. The van der Waals surface area contributed by atoms with Crippen LogP contribution in [0.1, 0.15) is 34.1 Å². The molecule has 0 spiro atoms. The van der Waals surface area contributed by atoms with Crippen LogP contribution < -0.4 is 10.9 Å². The van der Waals surface area contributed by atoms with Gasteiger partial charge in [-0.3, -0.25) is 14.6 Å². The van der Waals surface area contributed by atoms with Crippen LogP contribution >= 0.6 is 0 Å². The van der Waals surface area contributed by atoms with Gasteiger partial charge in [-0.1, -0.05) is 6.07 Å². The Kier molecular flexibility index (Phi) is 5.02. The number of carbonyl (C=O) groups is 1. The number of piperidine rings is 1. The zero-order valence-electron chi connectivity index (χ0n) is 17.0. The molecule has 1 fully saturated rings. The lowest BCUT2D eigenvalue weighted by Gasteiger charge is -2.43. The molecular weight excluding hydrogens is 395 g/mol. The lowest BCUT2D eigenvalue weighted by atomic mass is 9.83. The molecule has 1 saturated heterocycles. The van der Waals surface area contributed by atoms with Crippen LogP contribution in [-0.2, 0) is 13.1 Å². The van der Waals surface area contributed by atoms with Gasteiger partial charge in [-0.15, -0.1) is 0 Å². The van der Waals surface area contributed by atoms with E-state index in [0.717, 1.165) is 17.8 Å². The highest BCUT2D eigenvalue weighted by atomic mass is 19.1. The number of nitrogens with zero attached hydrogens (tertiary/aromatic N) is 3. The maximum Gasteiger partial charge on any atom is 0.274 e. The predicted octanol–water partition coefficient (Wildman–Crippen LogP) is 3.25. The third-order valence-electron chi connectivity index (χ3n) is 6.17. The first-order valence-corrected chi connectivity index (χ1v) is 10.5. The summed E-state index contributed by atoms with van der Waals surface area (Å²) in [5.74, 6) is -0.0965. The van der Waals surface area contributed by atoms with Crippen molar-refractivity contribution < 1.29 is 9.18 Å². The highest BCUT2D eigenvalue weighted by molar-refractivity contribution is 5.94. The molecule has 5 rings (SSSR count). The zero-order chi connectivity index (χ0) is 21.4. The summed E-state index contributed by atoms with van der Waals surface area (Å²) in [7, 11) is 0. The minimum atomic E-state index is -0.354. The van der Waals surface area contributed by atoms with E-state index in [1.807, 2.05) is 39.8 Å². The highest BCUT2D eigenvalue weighted by Crippen LogP contribution is 2.36. The van der Waals surface area contributed by atoms with Gasteiger partial charge in [0.25, 0.3) is 11.5 Å². The Morgan fingerprint density at radius 3 is 2.68 bits per heavy atom. The summed E-state index contributed by atoms with van der Waals surface area (Å²) in [5.41, 5.74) is 2.88. The molecule has 2 bridgehead atoms. The first-order valence-electron chi connectivity index (χ1n) is 10.5. The zero-order valence-corrected chi connectivity index (χ0v) is 17.0. The van der Waals surface area contributed by atoms with Gasteiger partial charge in [0.1, 0.15) is 11.5 Å². The number of hydrogen-bond donors (Lipinski definition) is 1. The Bertz CT molecular complexity index is 1160. The Morgan fingerprint density at radius 1 is 1.06 bits per heavy atom. The summed E-state index contributed by atoms with van der Waals surface area (Å²) in [6.07, 6.45) is 2.70. The summed E-state index contributed by atoms with van der Waals surface area (Å²) >= 11 is 0. The van der Waals surface area contributed by atoms with Crippen molar-refractivity contribution >= 4 is 11.6 Å². The number of carbonyl (C=O) groups excluding carboxylic acids is 1. The molecule has 0 radical (unpaired) electrons. The van der Waals surface area contributed by atoms with Crippen molar-refractivity contribution in [2.45, 2.75) is 25.4 Å². The maximum absolute atomic E-state index is 13.2. The minimum absolute atomic E-state index is 0.0264. The maximum atomic E-state index is 13.2. The molecule has 31 heavy (non-hydrogen) atoms. The Morgan fingerprint density at radius 2 is 1.90 bits per heavy atom. The third kappa shape index (κ3) is 3.83. The molecule has 7 heteroatoms. The molecular formula is C24H23FN4O2. The van der Waals surface area contributed by atoms with E-state index in [4.69, 9.17) is 0 Å². The fourth-order valence-electron chi connectivity index (χ4n) is 4.71. The SMILES string of the molecule is O=C(c1ccc(F)cc1)N1C[C@@H]2C[C@H](C1)c1ccc(NCc3ccccn3)c(=O)n1C2. The van der Waals surface area contributed by atoms with Crippen LogP contribution in [0, 0.1) is 11.7 Å². The van der Waals surface area contributed by atoms with Crippen molar-refractivity contribution in [1.82, 2.24) is 14.5 Å². The van der Waals surface area contributed by atoms with Crippen LogP contribution in [0.5, 0.6) is 0 Å². The average molecular weight is 418 g/mol. The van der Waals surface area contributed by atoms with Crippen LogP contribution in [0.15, 0.2) is 65.6 Å². The Hall–Kier alpha value is -3.48. The quantitative estimate of drug-likeness (QED) is 0.706. The van der Waals surface area contributed by atoms with Crippen LogP contribution in [0.4, 0.5) is 10.1 Å². The van der Waals surface area contributed by atoms with E-state index in [-0.39, 0.29) is 29.1 Å². The second kappa shape index (κ2) is 7.98. The molecule has 0 aliphatic carbocycles. The van der Waals surface area contributed by atoms with Gasteiger partial charge in [-0.25, -0.2) is 4.39 Å². The number of hydrogen-bond acceptors (Lipinski definition) is 4. The van der Waals surface area contributed by atoms with Crippen molar-refractivity contribution in [2.24, 2.45) is 5.92 Å². The molecule has 1 amide bonds. The topological polar surface area (TPSA) is 67.2 Å². The molecule has 0 unspecified atom stereocenters. The smallest absolute Gasteiger partial charge is 0.274 e. The van der Waals surface area contributed by atoms with Gasteiger partial charge < -0.3 is 14.8 Å². The Labute approximate surface area is 179 Å². The third-order valence-corrected chi connectivity index (χ3v) is 6.17. The average Bonchev–Trinajstić information content (AvgIpc) is 2.80. The lowest BCUT2D eigenvalue weighted by molar-refractivity contribution is 0.0594. The number of fused-ring (bicyclic) bond motifs is 4. The number of nitrogens with one attached hydrogen (secondary N) is 1. The van der Waals surface area contributed by atoms with Gasteiger partial charge in [0.2, 0.25) is 0 Å². The monoisotopic (exact) mass is 418 g/mol. The Balaban J connectivity index is 1.35. The number of likely N-dealkylation sites (tertiary alicyclic amines) is 1. The van der Waals surface area contributed by atoms with E-state index in [0.29, 0.717) is 37.4 Å². The molecule has 1 N–H and O–H groups in total. The van der Waals surface area contributed by atoms with E-state index >= 15 is 0 Å². The number of aromatic nitrogens is 2. The van der Waals surface area contributed by atoms with Gasteiger partial charge in [-0.05, 0) is 60.9 Å². The number of rotatable bonds is 4. The summed E-state index contributed by atoms with van der Waals surface area (Å²) in [5, 5.41) is 3.21. The van der Waals surface area contributed by atoms with Gasteiger partial charge in [0.05, 0.1) is 12.2 Å². The second-order valence-corrected chi connectivity index (χ2v) is 8.28. The predicted molar refractivity (Wildman–Crippen MR) is 115 cm³/mol. The number of pyridine rings is 2. The van der Waals surface area contributed by atoms with Gasteiger partial charge in [-0.2, -0.15) is 0 Å². The molecule has 4 heterocycles. The standard InChI is InChI=1S/C24H23FN4O2/c25-19-6-4-17(5-7-19)23(30)28-13-16-11-18(15-28)22-9-8-21(24(31)29(22)14-16)27-12-20-3-1-2-10-26-20/h1-10,16,18,27H,11-15H2/t16-,18+/m0/s1. The van der Waals surface area contributed by atoms with Crippen LogP contribution in [0.25, 0.3) is 0 Å². The fourth-order valence-corrected chi connectivity index (χ4v) is 4.71. The molecule has 0 saturated carbocycles. The summed E-state index contributed by atoms with van der Waals surface area (Å²) in [6.45, 7) is 2.25. The molecule has 2 aliphatic rings. The molecule has 2 atom stereocenters. The highest BCUT2D eigenvalue weighted by Gasteiger charge is 2.36. The number of halogens is 1. The van der Waals surface area contributed by atoms with Gasteiger partial charge >= 0.3 is 0 Å². The van der Waals surface area contributed by atoms with Crippen molar-refractivity contribution in [1.29, 1.82) is 0 Å². The van der Waals surface area contributed by atoms with Crippen molar-refractivity contribution in [3.8, 4) is 0 Å². The molecule has 2 aromatic heterocycles.